The predicted octanol–water partition coefficient (Wildman–Crippen LogP) is 2.69. The number of hydrogen-bond donors (Lipinski definition) is 1. The summed E-state index contributed by atoms with van der Waals surface area (Å²) in [4.78, 5) is 0. The highest BCUT2D eigenvalue weighted by molar-refractivity contribution is 9.11. The summed E-state index contributed by atoms with van der Waals surface area (Å²) < 4.78 is 1.00. The summed E-state index contributed by atoms with van der Waals surface area (Å²) in [5.74, 6) is 1.25. The van der Waals surface area contributed by atoms with Crippen molar-refractivity contribution in [2.75, 3.05) is 0 Å². The molecular formula is C10H15BrO. The molecule has 3 aliphatic rings. The third-order valence-corrected chi connectivity index (χ3v) is 4.60. The Bertz CT molecular complexity index is 232. The maximum absolute atomic E-state index is 9.88. The molecule has 3 atom stereocenters. The van der Waals surface area contributed by atoms with Crippen LogP contribution in [-0.4, -0.2) is 11.2 Å². The van der Waals surface area contributed by atoms with Crippen LogP contribution in [0.2, 0.25) is 0 Å². The molecule has 0 unspecified atom stereocenters. The van der Waals surface area contributed by atoms with E-state index in [0.717, 1.165) is 16.8 Å². The second-order valence-electron chi connectivity index (χ2n) is 4.63. The number of halogens is 1. The molecule has 2 heteroatoms. The molecule has 68 valence electrons. The fraction of sp³-hybridized carbons (Fsp3) is 0.800. The summed E-state index contributed by atoms with van der Waals surface area (Å²) in [7, 11) is 0. The van der Waals surface area contributed by atoms with E-state index >= 15 is 0 Å². The molecule has 2 bridgehead atoms. The van der Waals surface area contributed by atoms with Crippen LogP contribution in [0.15, 0.2) is 10.6 Å². The third-order valence-electron chi connectivity index (χ3n) is 3.81. The summed E-state index contributed by atoms with van der Waals surface area (Å²) in [5, 5.41) is 9.88. The van der Waals surface area contributed by atoms with E-state index in [0.29, 0.717) is 11.3 Å². The summed E-state index contributed by atoms with van der Waals surface area (Å²) in [6, 6.07) is 0. The van der Waals surface area contributed by atoms with Gasteiger partial charge < -0.3 is 5.11 Å². The zero-order chi connectivity index (χ0) is 8.93. The van der Waals surface area contributed by atoms with Crippen molar-refractivity contribution in [3.8, 4) is 0 Å². The normalized spacial score (nSPS) is 44.3. The van der Waals surface area contributed by atoms with Crippen LogP contribution in [0.4, 0.5) is 0 Å². The lowest BCUT2D eigenvalue weighted by atomic mass is 9.53. The SMILES string of the molecule is CC1(C)[C@H]2CC=C(Br)[C@@H](O)[C@@H]1C2. The van der Waals surface area contributed by atoms with Crippen molar-refractivity contribution in [3.05, 3.63) is 10.6 Å². The van der Waals surface area contributed by atoms with Crippen molar-refractivity contribution in [2.24, 2.45) is 17.3 Å². The molecule has 0 amide bonds. The predicted molar refractivity (Wildman–Crippen MR) is 53.0 cm³/mol. The van der Waals surface area contributed by atoms with Gasteiger partial charge in [0.2, 0.25) is 0 Å². The fourth-order valence-electron chi connectivity index (χ4n) is 2.56. The number of rotatable bonds is 0. The molecule has 1 nitrogen and oxygen atoms in total. The average Bonchev–Trinajstić information content (AvgIpc) is 2.18. The quantitative estimate of drug-likeness (QED) is 0.679. The van der Waals surface area contributed by atoms with Crippen LogP contribution in [0, 0.1) is 17.3 Å². The van der Waals surface area contributed by atoms with E-state index in [1.54, 1.807) is 0 Å². The molecule has 0 spiro atoms. The Labute approximate surface area is 82.0 Å². The van der Waals surface area contributed by atoms with Gasteiger partial charge in [0.15, 0.2) is 0 Å². The first kappa shape index (κ1) is 8.76. The van der Waals surface area contributed by atoms with Crippen LogP contribution in [-0.2, 0) is 0 Å². The van der Waals surface area contributed by atoms with E-state index in [1.807, 2.05) is 0 Å². The van der Waals surface area contributed by atoms with Crippen molar-refractivity contribution in [2.45, 2.75) is 32.8 Å². The van der Waals surface area contributed by atoms with E-state index in [1.165, 1.54) is 6.42 Å². The number of allylic oxidation sites excluding steroid dienone is 1. The maximum Gasteiger partial charge on any atom is 0.0884 e. The molecule has 0 aliphatic heterocycles. The zero-order valence-corrected chi connectivity index (χ0v) is 9.13. The van der Waals surface area contributed by atoms with Crippen molar-refractivity contribution in [1.82, 2.24) is 0 Å². The molecule has 0 aromatic carbocycles. The van der Waals surface area contributed by atoms with Crippen LogP contribution >= 0.6 is 15.9 Å². The van der Waals surface area contributed by atoms with E-state index in [4.69, 9.17) is 0 Å². The van der Waals surface area contributed by atoms with E-state index < -0.39 is 0 Å². The van der Waals surface area contributed by atoms with Crippen molar-refractivity contribution in [3.63, 3.8) is 0 Å². The molecule has 1 N–H and O–H groups in total. The zero-order valence-electron chi connectivity index (χ0n) is 7.55. The summed E-state index contributed by atoms with van der Waals surface area (Å²) >= 11 is 3.43. The van der Waals surface area contributed by atoms with Gasteiger partial charge >= 0.3 is 0 Å². The number of aliphatic hydroxyl groups excluding tert-OH is 1. The first-order chi connectivity index (χ1) is 5.53. The minimum absolute atomic E-state index is 0.251. The number of fused-ring (bicyclic) bond motifs is 2. The van der Waals surface area contributed by atoms with Gasteiger partial charge in [-0.15, -0.1) is 0 Å². The Hall–Kier alpha value is 0.180. The number of hydrogen-bond acceptors (Lipinski definition) is 1. The van der Waals surface area contributed by atoms with Gasteiger partial charge in [0.05, 0.1) is 6.10 Å². The molecule has 1 saturated carbocycles. The van der Waals surface area contributed by atoms with Crippen LogP contribution in [0.5, 0.6) is 0 Å². The Morgan fingerprint density at radius 1 is 1.58 bits per heavy atom. The highest BCUT2D eigenvalue weighted by atomic mass is 79.9. The van der Waals surface area contributed by atoms with Gasteiger partial charge in [0, 0.05) is 4.48 Å². The minimum Gasteiger partial charge on any atom is -0.388 e. The van der Waals surface area contributed by atoms with Crippen molar-refractivity contribution >= 4 is 15.9 Å². The second-order valence-corrected chi connectivity index (χ2v) is 5.55. The first-order valence-electron chi connectivity index (χ1n) is 4.57. The first-order valence-corrected chi connectivity index (χ1v) is 5.36. The van der Waals surface area contributed by atoms with Crippen LogP contribution < -0.4 is 0 Å². The monoisotopic (exact) mass is 230 g/mol. The lowest BCUT2D eigenvalue weighted by molar-refractivity contribution is -0.0708. The summed E-state index contributed by atoms with van der Waals surface area (Å²) in [6.07, 6.45) is 4.21. The van der Waals surface area contributed by atoms with Gasteiger partial charge in [0.25, 0.3) is 0 Å². The smallest absolute Gasteiger partial charge is 0.0884 e. The van der Waals surface area contributed by atoms with Gasteiger partial charge in [-0.25, -0.2) is 0 Å². The highest BCUT2D eigenvalue weighted by Crippen LogP contribution is 2.57. The largest absolute Gasteiger partial charge is 0.388 e. The molecule has 0 radical (unpaired) electrons. The Balaban J connectivity index is 2.26. The lowest BCUT2D eigenvalue weighted by Gasteiger charge is -2.52. The standard InChI is InChI=1S/C10H15BrO/c1-10(2)6-3-4-8(11)9(12)7(10)5-6/h4,6-7,9,12H,3,5H2,1-2H3/t6-,7-,9-/m0/s1. The Kier molecular flexibility index (Phi) is 1.89. The highest BCUT2D eigenvalue weighted by Gasteiger charge is 2.52. The van der Waals surface area contributed by atoms with Gasteiger partial charge in [-0.05, 0) is 30.1 Å². The average molecular weight is 231 g/mol. The molecule has 1 fully saturated rings. The van der Waals surface area contributed by atoms with E-state index in [-0.39, 0.29) is 6.10 Å². The summed E-state index contributed by atoms with van der Waals surface area (Å²) in [5.41, 5.74) is 0.339. The molecule has 0 aromatic heterocycles. The van der Waals surface area contributed by atoms with Gasteiger partial charge in [-0.2, -0.15) is 0 Å². The lowest BCUT2D eigenvalue weighted by Crippen LogP contribution is -2.48. The molecule has 12 heavy (non-hydrogen) atoms. The summed E-state index contributed by atoms with van der Waals surface area (Å²) in [6.45, 7) is 4.54. The fourth-order valence-corrected chi connectivity index (χ4v) is 3.07. The van der Waals surface area contributed by atoms with E-state index in [2.05, 4.69) is 35.9 Å². The van der Waals surface area contributed by atoms with Crippen molar-refractivity contribution < 1.29 is 5.11 Å². The van der Waals surface area contributed by atoms with Gasteiger partial charge in [0.1, 0.15) is 0 Å². The topological polar surface area (TPSA) is 20.2 Å². The van der Waals surface area contributed by atoms with Gasteiger partial charge in [-0.1, -0.05) is 35.9 Å². The molecule has 0 aromatic rings. The molecule has 3 aliphatic carbocycles. The molecule has 0 saturated heterocycles. The van der Waals surface area contributed by atoms with E-state index in [9.17, 15) is 5.11 Å². The maximum atomic E-state index is 9.88. The van der Waals surface area contributed by atoms with Crippen LogP contribution in [0.3, 0.4) is 0 Å². The second kappa shape index (κ2) is 2.58. The van der Waals surface area contributed by atoms with Crippen LogP contribution in [0.1, 0.15) is 26.7 Å². The van der Waals surface area contributed by atoms with Crippen molar-refractivity contribution in [1.29, 1.82) is 0 Å². The minimum atomic E-state index is -0.251. The number of aliphatic hydroxyl groups is 1. The molecular weight excluding hydrogens is 216 g/mol. The third kappa shape index (κ3) is 1.01. The molecule has 3 rings (SSSR count). The van der Waals surface area contributed by atoms with Gasteiger partial charge in [-0.3, -0.25) is 0 Å². The molecule has 0 heterocycles. The Morgan fingerprint density at radius 3 is 2.83 bits per heavy atom. The van der Waals surface area contributed by atoms with Crippen LogP contribution in [0.25, 0.3) is 0 Å². The Morgan fingerprint density at radius 2 is 2.25 bits per heavy atom.